The molecule has 19 heteroatoms. The highest BCUT2D eigenvalue weighted by Crippen LogP contribution is 2.45. The number of rotatable bonds is 70. The Morgan fingerprint density at radius 3 is 0.844 bits per heavy atom. The molecule has 3 N–H and O–H groups in total. The Bertz CT molecular complexity index is 1750. The Hall–Kier alpha value is -1.94. The molecule has 0 aromatic carbocycles. The first kappa shape index (κ1) is 88.1. The molecule has 0 aromatic heterocycles. The predicted octanol–water partition coefficient (Wildman–Crippen LogP) is 20.4. The maximum absolute atomic E-state index is 13.0. The van der Waals surface area contributed by atoms with Crippen LogP contribution in [-0.2, 0) is 65.4 Å². The van der Waals surface area contributed by atoms with E-state index in [2.05, 4.69) is 41.5 Å². The maximum atomic E-state index is 13.0. The lowest BCUT2D eigenvalue weighted by Crippen LogP contribution is -2.30. The van der Waals surface area contributed by atoms with Crippen LogP contribution in [0.4, 0.5) is 0 Å². The van der Waals surface area contributed by atoms with E-state index in [0.29, 0.717) is 31.6 Å². The minimum atomic E-state index is -4.95. The van der Waals surface area contributed by atoms with Crippen molar-refractivity contribution < 1.29 is 80.2 Å². The van der Waals surface area contributed by atoms with Crippen LogP contribution in [0.3, 0.4) is 0 Å². The molecule has 0 amide bonds. The van der Waals surface area contributed by atoms with Gasteiger partial charge in [-0.1, -0.05) is 311 Å². The van der Waals surface area contributed by atoms with Gasteiger partial charge in [0.15, 0.2) is 12.2 Å². The van der Waals surface area contributed by atoms with E-state index in [0.717, 1.165) is 102 Å². The van der Waals surface area contributed by atoms with Crippen molar-refractivity contribution in [3.63, 3.8) is 0 Å². The summed E-state index contributed by atoms with van der Waals surface area (Å²) >= 11 is 0. The molecule has 0 bridgehead atoms. The maximum Gasteiger partial charge on any atom is 0.472 e. The van der Waals surface area contributed by atoms with E-state index in [9.17, 15) is 43.2 Å². The second-order valence-corrected chi connectivity index (χ2v) is 29.3. The van der Waals surface area contributed by atoms with Crippen LogP contribution in [0.15, 0.2) is 0 Å². The highest BCUT2D eigenvalue weighted by Gasteiger charge is 2.30. The molecule has 0 aromatic rings. The van der Waals surface area contributed by atoms with E-state index in [1.807, 2.05) is 0 Å². The first-order valence-corrected chi connectivity index (χ1v) is 40.0. The molecular weight excluding hydrogens is 1190 g/mol. The van der Waals surface area contributed by atoms with E-state index < -0.39 is 97.5 Å². The molecule has 0 spiro atoms. The van der Waals surface area contributed by atoms with Gasteiger partial charge in [-0.2, -0.15) is 0 Å². The first-order valence-electron chi connectivity index (χ1n) is 37.0. The van der Waals surface area contributed by atoms with Gasteiger partial charge in [-0.25, -0.2) is 9.13 Å². The molecule has 0 saturated carbocycles. The van der Waals surface area contributed by atoms with Crippen LogP contribution >= 0.6 is 15.6 Å². The molecular formula is C71H138O17P2. The van der Waals surface area contributed by atoms with E-state index in [1.54, 1.807) is 0 Å². The van der Waals surface area contributed by atoms with Crippen molar-refractivity contribution in [2.45, 2.75) is 381 Å². The average molecular weight is 1330 g/mol. The van der Waals surface area contributed by atoms with Crippen molar-refractivity contribution in [2.75, 3.05) is 39.6 Å². The van der Waals surface area contributed by atoms with Gasteiger partial charge in [0, 0.05) is 25.7 Å². The van der Waals surface area contributed by atoms with Crippen LogP contribution in [0, 0.1) is 11.8 Å². The molecule has 17 nitrogen and oxygen atoms in total. The number of carbonyl (C=O) groups is 4. The molecule has 0 aliphatic rings. The quantitative estimate of drug-likeness (QED) is 0.0222. The number of unbranched alkanes of at least 4 members (excludes halogenated alkanes) is 39. The fourth-order valence-corrected chi connectivity index (χ4v) is 12.3. The van der Waals surface area contributed by atoms with Gasteiger partial charge in [0.05, 0.1) is 26.4 Å². The number of aliphatic hydroxyl groups is 1. The summed E-state index contributed by atoms with van der Waals surface area (Å²) in [5.41, 5.74) is 0. The summed E-state index contributed by atoms with van der Waals surface area (Å²) in [5.74, 6) is -0.699. The van der Waals surface area contributed by atoms with E-state index in [4.69, 9.17) is 37.0 Å². The summed E-state index contributed by atoms with van der Waals surface area (Å²) in [6.45, 7) is 9.45. The molecule has 0 saturated heterocycles. The van der Waals surface area contributed by atoms with Crippen LogP contribution < -0.4 is 0 Å². The summed E-state index contributed by atoms with van der Waals surface area (Å²) in [7, 11) is -9.90. The van der Waals surface area contributed by atoms with Crippen molar-refractivity contribution in [3.05, 3.63) is 0 Å². The van der Waals surface area contributed by atoms with Crippen LogP contribution in [0.25, 0.3) is 0 Å². The van der Waals surface area contributed by atoms with Crippen molar-refractivity contribution in [1.29, 1.82) is 0 Å². The molecule has 534 valence electrons. The molecule has 0 heterocycles. The Balaban J connectivity index is 5.22. The number of hydrogen-bond donors (Lipinski definition) is 3. The number of esters is 4. The van der Waals surface area contributed by atoms with Gasteiger partial charge in [0.25, 0.3) is 0 Å². The average Bonchev–Trinajstić information content (AvgIpc) is 2.72. The zero-order valence-corrected chi connectivity index (χ0v) is 60.2. The lowest BCUT2D eigenvalue weighted by atomic mass is 10.00. The van der Waals surface area contributed by atoms with Gasteiger partial charge < -0.3 is 33.8 Å². The van der Waals surface area contributed by atoms with E-state index in [-0.39, 0.29) is 25.7 Å². The van der Waals surface area contributed by atoms with Gasteiger partial charge in [-0.15, -0.1) is 0 Å². The monoisotopic (exact) mass is 1320 g/mol. The van der Waals surface area contributed by atoms with Gasteiger partial charge in [-0.3, -0.25) is 37.3 Å². The Morgan fingerprint density at radius 1 is 0.322 bits per heavy atom. The molecule has 3 unspecified atom stereocenters. The normalized spacial score (nSPS) is 14.4. The minimum Gasteiger partial charge on any atom is -0.462 e. The Kier molecular flexibility index (Phi) is 61.8. The number of hydrogen-bond acceptors (Lipinski definition) is 15. The third kappa shape index (κ3) is 63.5. The highest BCUT2D eigenvalue weighted by atomic mass is 31.2. The number of phosphoric ester groups is 2. The molecule has 0 aliphatic heterocycles. The number of aliphatic hydroxyl groups excluding tert-OH is 1. The molecule has 0 radical (unpaired) electrons. The molecule has 90 heavy (non-hydrogen) atoms. The Labute approximate surface area is 549 Å². The summed E-state index contributed by atoms with van der Waals surface area (Å²) in [6, 6.07) is 0. The number of carbonyl (C=O) groups excluding carboxylic acids is 4. The van der Waals surface area contributed by atoms with Crippen LogP contribution in [-0.4, -0.2) is 96.7 Å². The topological polar surface area (TPSA) is 237 Å². The molecule has 0 fully saturated rings. The summed E-state index contributed by atoms with van der Waals surface area (Å²) in [5, 5.41) is 10.6. The van der Waals surface area contributed by atoms with Gasteiger partial charge in [-0.05, 0) is 37.5 Å². The standard InChI is InChI=1S/C71H138O17P2/c1-7-10-12-14-16-18-20-22-23-24-25-26-27-29-31-35-43-49-55-70(75)87-66(59-81-68(73)53-47-41-34-30-28-21-19-17-15-13-11-8-2)61-85-89(77,78)83-57-65(72)58-84-90(79,80)86-62-67(88-71(76)56-50-44-36-32-33-39-45-51-63(4)5)60-82-69(74)54-48-42-38-37-40-46-52-64(6)9-3/h63-67,72H,7-62H2,1-6H3,(H,77,78)(H,79,80)/t64?,65-,66-,67-/m1/s1. The van der Waals surface area contributed by atoms with Crippen LogP contribution in [0.5, 0.6) is 0 Å². The fraction of sp³-hybridized carbons (Fsp3) is 0.944. The zero-order valence-electron chi connectivity index (χ0n) is 58.4. The minimum absolute atomic E-state index is 0.103. The summed E-state index contributed by atoms with van der Waals surface area (Å²) in [4.78, 5) is 72.5. The predicted molar refractivity (Wildman–Crippen MR) is 363 cm³/mol. The number of ether oxygens (including phenoxy) is 4. The van der Waals surface area contributed by atoms with E-state index >= 15 is 0 Å². The largest absolute Gasteiger partial charge is 0.472 e. The lowest BCUT2D eigenvalue weighted by Gasteiger charge is -2.21. The summed E-state index contributed by atoms with van der Waals surface area (Å²) < 4.78 is 68.3. The van der Waals surface area contributed by atoms with Crippen LogP contribution in [0.2, 0.25) is 0 Å². The van der Waals surface area contributed by atoms with Gasteiger partial charge in [0.1, 0.15) is 19.3 Å². The number of phosphoric acid groups is 2. The second-order valence-electron chi connectivity index (χ2n) is 26.3. The summed E-state index contributed by atoms with van der Waals surface area (Å²) in [6.07, 6.45) is 48.7. The third-order valence-electron chi connectivity index (χ3n) is 16.8. The SMILES string of the molecule is CCCCCCCCCCCCCCCCCCCCC(=O)O[C@H](COC(=O)CCCCCCCCCCCCCC)COP(=O)(O)OC[C@@H](O)COP(=O)(O)OC[C@@H](COC(=O)CCCCCCCCC(C)CC)OC(=O)CCCCCCCCCC(C)C. The second kappa shape index (κ2) is 63.1. The Morgan fingerprint density at radius 2 is 0.567 bits per heavy atom. The van der Waals surface area contributed by atoms with Gasteiger partial charge in [0.2, 0.25) is 0 Å². The van der Waals surface area contributed by atoms with Gasteiger partial charge >= 0.3 is 39.5 Å². The molecule has 0 aliphatic carbocycles. The smallest absolute Gasteiger partial charge is 0.462 e. The van der Waals surface area contributed by atoms with Crippen molar-refractivity contribution in [3.8, 4) is 0 Å². The third-order valence-corrected chi connectivity index (χ3v) is 18.7. The van der Waals surface area contributed by atoms with E-state index in [1.165, 1.54) is 173 Å². The zero-order chi connectivity index (χ0) is 66.5. The van der Waals surface area contributed by atoms with Crippen molar-refractivity contribution in [1.82, 2.24) is 0 Å². The van der Waals surface area contributed by atoms with Crippen molar-refractivity contribution >= 4 is 39.5 Å². The molecule has 0 rings (SSSR count). The highest BCUT2D eigenvalue weighted by molar-refractivity contribution is 7.47. The van der Waals surface area contributed by atoms with Crippen LogP contribution in [0.1, 0.15) is 363 Å². The fourth-order valence-electron chi connectivity index (χ4n) is 10.7. The lowest BCUT2D eigenvalue weighted by molar-refractivity contribution is -0.161. The molecule has 6 atom stereocenters. The first-order chi connectivity index (χ1) is 43.4. The van der Waals surface area contributed by atoms with Crippen molar-refractivity contribution in [2.24, 2.45) is 11.8 Å².